The fourth-order valence-corrected chi connectivity index (χ4v) is 3.22. The van der Waals surface area contributed by atoms with Crippen LogP contribution >= 0.6 is 15.9 Å². The number of aromatic nitrogens is 1. The van der Waals surface area contributed by atoms with Gasteiger partial charge in [-0.15, -0.1) is 0 Å². The molecule has 2 aromatic carbocycles. The number of halogens is 1. The lowest BCUT2D eigenvalue weighted by Gasteiger charge is -2.16. The minimum atomic E-state index is -0.575. The molecular weight excluding hydrogens is 410 g/mol. The molecule has 3 rings (SSSR count). The number of nitrogens with zero attached hydrogens (tertiary/aromatic N) is 1. The highest BCUT2D eigenvalue weighted by atomic mass is 79.9. The highest BCUT2D eigenvalue weighted by molar-refractivity contribution is 9.10. The van der Waals surface area contributed by atoms with E-state index >= 15 is 0 Å². The minimum Gasteiger partial charge on any atom is -0.462 e. The monoisotopic (exact) mass is 427 g/mol. The number of ether oxygens (including phenoxy) is 1. The number of primary amides is 1. The van der Waals surface area contributed by atoms with Gasteiger partial charge in [0.1, 0.15) is 0 Å². The van der Waals surface area contributed by atoms with Crippen molar-refractivity contribution in [2.24, 2.45) is 5.73 Å². The Kier molecular flexibility index (Phi) is 5.41. The van der Waals surface area contributed by atoms with Gasteiger partial charge in [0.15, 0.2) is 0 Å². The average molecular weight is 428 g/mol. The Morgan fingerprint density at radius 3 is 2.70 bits per heavy atom. The Morgan fingerprint density at radius 1 is 1.22 bits per heavy atom. The third-order valence-corrected chi connectivity index (χ3v) is 4.51. The zero-order chi connectivity index (χ0) is 19.6. The van der Waals surface area contributed by atoms with Crippen LogP contribution < -0.4 is 11.1 Å². The zero-order valence-electron chi connectivity index (χ0n) is 14.9. The van der Waals surface area contributed by atoms with Crippen molar-refractivity contribution in [3.8, 4) is 0 Å². The Morgan fingerprint density at radius 2 is 2.00 bits per heavy atom. The van der Waals surface area contributed by atoms with Gasteiger partial charge in [-0.3, -0.25) is 9.78 Å². The first kappa shape index (κ1) is 18.8. The van der Waals surface area contributed by atoms with Gasteiger partial charge in [0.2, 0.25) is 0 Å². The topological polar surface area (TPSA) is 94.3 Å². The first-order valence-electron chi connectivity index (χ1n) is 8.34. The second-order valence-corrected chi connectivity index (χ2v) is 6.81. The van der Waals surface area contributed by atoms with Gasteiger partial charge in [-0.05, 0) is 50.2 Å². The number of anilines is 2. The number of esters is 1. The summed E-state index contributed by atoms with van der Waals surface area (Å²) in [6.07, 6.45) is 0. The van der Waals surface area contributed by atoms with Crippen molar-refractivity contribution >= 4 is 50.1 Å². The first-order chi connectivity index (χ1) is 12.9. The van der Waals surface area contributed by atoms with Crippen molar-refractivity contribution < 1.29 is 14.3 Å². The molecule has 0 saturated heterocycles. The van der Waals surface area contributed by atoms with E-state index in [2.05, 4.69) is 26.2 Å². The van der Waals surface area contributed by atoms with Crippen LogP contribution in [-0.2, 0) is 4.74 Å². The van der Waals surface area contributed by atoms with Gasteiger partial charge in [0, 0.05) is 15.5 Å². The third kappa shape index (κ3) is 3.93. The number of aryl methyl sites for hydroxylation is 1. The van der Waals surface area contributed by atoms with Crippen molar-refractivity contribution in [2.75, 3.05) is 11.9 Å². The van der Waals surface area contributed by atoms with E-state index in [1.54, 1.807) is 38.1 Å². The van der Waals surface area contributed by atoms with Crippen LogP contribution in [0.25, 0.3) is 10.9 Å². The Bertz CT molecular complexity index is 1050. The SMILES string of the molecule is CCOC(=O)c1cccc(Nc2c(C(N)=O)c(C)nc3cc(Br)ccc23)c1. The van der Waals surface area contributed by atoms with Crippen LogP contribution in [0.15, 0.2) is 46.9 Å². The molecule has 0 spiro atoms. The number of fused-ring (bicyclic) bond motifs is 1. The summed E-state index contributed by atoms with van der Waals surface area (Å²) in [7, 11) is 0. The zero-order valence-corrected chi connectivity index (χ0v) is 16.5. The van der Waals surface area contributed by atoms with Crippen molar-refractivity contribution in [1.29, 1.82) is 0 Å². The van der Waals surface area contributed by atoms with Crippen LogP contribution in [0.1, 0.15) is 33.3 Å². The quantitative estimate of drug-likeness (QED) is 0.591. The molecule has 1 aromatic heterocycles. The number of rotatable bonds is 5. The van der Waals surface area contributed by atoms with Crippen LogP contribution in [0.5, 0.6) is 0 Å². The number of hydrogen-bond donors (Lipinski definition) is 2. The highest BCUT2D eigenvalue weighted by Crippen LogP contribution is 2.32. The second-order valence-electron chi connectivity index (χ2n) is 5.90. The van der Waals surface area contributed by atoms with Crippen molar-refractivity contribution in [2.45, 2.75) is 13.8 Å². The molecule has 3 aromatic rings. The molecule has 0 bridgehead atoms. The first-order valence-corrected chi connectivity index (χ1v) is 9.14. The summed E-state index contributed by atoms with van der Waals surface area (Å²) >= 11 is 3.43. The number of carbonyl (C=O) groups excluding carboxylic acids is 2. The predicted octanol–water partition coefficient (Wildman–Crippen LogP) is 4.32. The van der Waals surface area contributed by atoms with Crippen LogP contribution in [0.3, 0.4) is 0 Å². The van der Waals surface area contributed by atoms with Gasteiger partial charge in [0.25, 0.3) is 5.91 Å². The van der Waals surface area contributed by atoms with Gasteiger partial charge >= 0.3 is 5.97 Å². The molecule has 138 valence electrons. The minimum absolute atomic E-state index is 0.297. The van der Waals surface area contributed by atoms with Gasteiger partial charge in [-0.1, -0.05) is 22.0 Å². The lowest BCUT2D eigenvalue weighted by molar-refractivity contribution is 0.0526. The highest BCUT2D eigenvalue weighted by Gasteiger charge is 2.18. The molecule has 0 fully saturated rings. The number of hydrogen-bond acceptors (Lipinski definition) is 5. The van der Waals surface area contributed by atoms with Crippen LogP contribution in [0.2, 0.25) is 0 Å². The van der Waals surface area contributed by atoms with Crippen molar-refractivity contribution in [3.05, 3.63) is 63.8 Å². The molecular formula is C20H18BrN3O3. The third-order valence-electron chi connectivity index (χ3n) is 4.02. The molecule has 1 amide bonds. The van der Waals surface area contributed by atoms with E-state index in [1.807, 2.05) is 18.2 Å². The number of benzene rings is 2. The smallest absolute Gasteiger partial charge is 0.338 e. The molecule has 0 radical (unpaired) electrons. The maximum atomic E-state index is 12.1. The molecule has 3 N–H and O–H groups in total. The number of pyridine rings is 1. The summed E-state index contributed by atoms with van der Waals surface area (Å²) in [5, 5.41) is 3.98. The lowest BCUT2D eigenvalue weighted by Crippen LogP contribution is -2.16. The summed E-state index contributed by atoms with van der Waals surface area (Å²) in [5.74, 6) is -0.982. The predicted molar refractivity (Wildman–Crippen MR) is 108 cm³/mol. The van der Waals surface area contributed by atoms with E-state index in [4.69, 9.17) is 10.5 Å². The van der Waals surface area contributed by atoms with Crippen LogP contribution in [0.4, 0.5) is 11.4 Å². The molecule has 0 saturated carbocycles. The fourth-order valence-electron chi connectivity index (χ4n) is 2.87. The summed E-state index contributed by atoms with van der Waals surface area (Å²) in [6.45, 7) is 3.79. The van der Waals surface area contributed by atoms with Crippen LogP contribution in [-0.4, -0.2) is 23.5 Å². The van der Waals surface area contributed by atoms with Crippen molar-refractivity contribution in [1.82, 2.24) is 4.98 Å². The molecule has 0 aliphatic carbocycles. The van der Waals surface area contributed by atoms with Gasteiger partial charge < -0.3 is 15.8 Å². The summed E-state index contributed by atoms with van der Waals surface area (Å²) in [6, 6.07) is 12.5. The molecule has 0 atom stereocenters. The summed E-state index contributed by atoms with van der Waals surface area (Å²) < 4.78 is 5.92. The Labute approximate surface area is 164 Å². The maximum Gasteiger partial charge on any atom is 0.338 e. The molecule has 7 heteroatoms. The molecule has 0 unspecified atom stereocenters. The largest absolute Gasteiger partial charge is 0.462 e. The van der Waals surface area contributed by atoms with E-state index in [0.717, 1.165) is 15.4 Å². The van der Waals surface area contributed by atoms with E-state index in [-0.39, 0.29) is 0 Å². The van der Waals surface area contributed by atoms with Crippen molar-refractivity contribution in [3.63, 3.8) is 0 Å². The van der Waals surface area contributed by atoms with E-state index in [0.29, 0.717) is 34.8 Å². The average Bonchev–Trinajstić information content (AvgIpc) is 2.61. The second kappa shape index (κ2) is 7.75. The number of nitrogens with one attached hydrogen (secondary N) is 1. The van der Waals surface area contributed by atoms with E-state index < -0.39 is 11.9 Å². The normalized spacial score (nSPS) is 10.6. The Hall–Kier alpha value is -2.93. The summed E-state index contributed by atoms with van der Waals surface area (Å²) in [5.41, 5.74) is 8.77. The number of amides is 1. The van der Waals surface area contributed by atoms with Crippen LogP contribution in [0, 0.1) is 6.92 Å². The Balaban J connectivity index is 2.14. The molecule has 27 heavy (non-hydrogen) atoms. The standard InChI is InChI=1S/C20H18BrN3O3/c1-3-27-20(26)12-5-4-6-14(9-12)24-18-15-8-7-13(21)10-16(15)23-11(2)17(18)19(22)25/h4-10H,3H2,1-2H3,(H2,22,25)(H,23,24). The molecule has 6 nitrogen and oxygen atoms in total. The van der Waals surface area contributed by atoms with E-state index in [9.17, 15) is 9.59 Å². The lowest BCUT2D eigenvalue weighted by atomic mass is 10.0. The van der Waals surface area contributed by atoms with E-state index in [1.165, 1.54) is 0 Å². The molecule has 0 aliphatic rings. The van der Waals surface area contributed by atoms with Gasteiger partial charge in [-0.25, -0.2) is 4.79 Å². The van der Waals surface area contributed by atoms with Gasteiger partial charge in [0.05, 0.1) is 34.6 Å². The maximum absolute atomic E-state index is 12.1. The van der Waals surface area contributed by atoms with Gasteiger partial charge in [-0.2, -0.15) is 0 Å². The fraction of sp³-hybridized carbons (Fsp3) is 0.150. The summed E-state index contributed by atoms with van der Waals surface area (Å²) in [4.78, 5) is 28.5. The number of carbonyl (C=O) groups is 2. The number of nitrogens with two attached hydrogens (primary N) is 1. The molecule has 0 aliphatic heterocycles. The molecule has 1 heterocycles.